The molecule has 0 aromatic heterocycles. The lowest BCUT2D eigenvalue weighted by molar-refractivity contribution is -0.132. The molecular weight excluding hydrogens is 390 g/mol. The molecule has 0 amide bonds. The molecule has 11 atom stereocenters. The molecule has 30 heavy (non-hydrogen) atoms. The Morgan fingerprint density at radius 1 is 0.833 bits per heavy atom. The molecular formula is C27H46ClNO. The highest BCUT2D eigenvalue weighted by Gasteiger charge is 2.68. The Labute approximate surface area is 191 Å². The first-order chi connectivity index (χ1) is 13.9. The van der Waals surface area contributed by atoms with E-state index in [-0.39, 0.29) is 18.1 Å². The van der Waals surface area contributed by atoms with Crippen LogP contribution in [0.2, 0.25) is 0 Å². The smallest absolute Gasteiger partial charge is 0.122 e. The summed E-state index contributed by atoms with van der Waals surface area (Å²) in [5.41, 5.74) is 1.19. The van der Waals surface area contributed by atoms with E-state index >= 15 is 0 Å². The third kappa shape index (κ3) is 2.81. The fourth-order valence-corrected chi connectivity index (χ4v) is 10.5. The Morgan fingerprint density at radius 3 is 2.43 bits per heavy atom. The van der Waals surface area contributed by atoms with E-state index in [1.807, 2.05) is 0 Å². The first-order valence-corrected chi connectivity index (χ1v) is 13.3. The summed E-state index contributed by atoms with van der Waals surface area (Å²) in [5, 5.41) is 3.91. The Morgan fingerprint density at radius 2 is 1.67 bits per heavy atom. The van der Waals surface area contributed by atoms with Crippen LogP contribution in [-0.2, 0) is 4.74 Å². The van der Waals surface area contributed by atoms with E-state index in [4.69, 9.17) is 4.74 Å². The topological polar surface area (TPSA) is 21.3 Å². The molecule has 0 radical (unpaired) electrons. The van der Waals surface area contributed by atoms with Crippen molar-refractivity contribution in [3.63, 3.8) is 0 Å². The normalized spacial score (nSPS) is 59.6. The van der Waals surface area contributed by atoms with Gasteiger partial charge in [-0.05, 0) is 104 Å². The van der Waals surface area contributed by atoms with Crippen molar-refractivity contribution in [1.29, 1.82) is 0 Å². The molecule has 6 rings (SSSR count). The van der Waals surface area contributed by atoms with Gasteiger partial charge < -0.3 is 4.74 Å². The second kappa shape index (κ2) is 7.36. The van der Waals surface area contributed by atoms with Gasteiger partial charge in [0.05, 0.1) is 6.10 Å². The van der Waals surface area contributed by atoms with Gasteiger partial charge in [0.25, 0.3) is 0 Å². The summed E-state index contributed by atoms with van der Waals surface area (Å²) in [4.78, 5) is 0. The quantitative estimate of drug-likeness (QED) is 0.450. The van der Waals surface area contributed by atoms with Crippen molar-refractivity contribution in [1.82, 2.24) is 5.32 Å². The largest absolute Gasteiger partial charge is 0.357 e. The third-order valence-corrected chi connectivity index (χ3v) is 12.1. The van der Waals surface area contributed by atoms with Crippen molar-refractivity contribution in [3.8, 4) is 0 Å². The van der Waals surface area contributed by atoms with Crippen LogP contribution < -0.4 is 5.32 Å². The van der Waals surface area contributed by atoms with Gasteiger partial charge in [-0.2, -0.15) is 0 Å². The molecule has 1 N–H and O–H groups in total. The number of piperidine rings is 1. The van der Waals surface area contributed by atoms with E-state index in [1.54, 1.807) is 0 Å². The van der Waals surface area contributed by atoms with Crippen LogP contribution in [0.4, 0.5) is 0 Å². The van der Waals surface area contributed by atoms with Gasteiger partial charge in [0.15, 0.2) is 0 Å². The molecule has 1 spiro atoms. The van der Waals surface area contributed by atoms with Gasteiger partial charge in [0.1, 0.15) is 5.72 Å². The molecule has 0 unspecified atom stereocenters. The van der Waals surface area contributed by atoms with E-state index in [1.165, 1.54) is 70.6 Å². The number of nitrogens with one attached hydrogen (secondary N) is 1. The lowest BCUT2D eigenvalue weighted by atomic mass is 9.44. The highest BCUT2D eigenvalue weighted by Crippen LogP contribution is 2.71. The van der Waals surface area contributed by atoms with E-state index < -0.39 is 0 Å². The molecule has 2 nitrogen and oxygen atoms in total. The minimum atomic E-state index is -0.000316. The van der Waals surface area contributed by atoms with E-state index in [0.717, 1.165) is 42.1 Å². The average Bonchev–Trinajstić information content (AvgIpc) is 3.15. The predicted octanol–water partition coefficient (Wildman–Crippen LogP) is 6.82. The lowest BCUT2D eigenvalue weighted by Gasteiger charge is -2.61. The Bertz CT molecular complexity index is 659. The van der Waals surface area contributed by atoms with Crippen molar-refractivity contribution in [3.05, 3.63) is 0 Å². The monoisotopic (exact) mass is 435 g/mol. The number of rotatable bonds is 0. The van der Waals surface area contributed by atoms with Crippen LogP contribution in [0.15, 0.2) is 0 Å². The molecule has 2 heterocycles. The highest BCUT2D eigenvalue weighted by molar-refractivity contribution is 5.85. The summed E-state index contributed by atoms with van der Waals surface area (Å²) >= 11 is 0. The maximum Gasteiger partial charge on any atom is 0.122 e. The van der Waals surface area contributed by atoms with Gasteiger partial charge in [0.2, 0.25) is 0 Å². The molecule has 0 aromatic carbocycles. The van der Waals surface area contributed by atoms with Gasteiger partial charge in [-0.3, -0.25) is 5.32 Å². The minimum Gasteiger partial charge on any atom is -0.357 e. The fraction of sp³-hybridized carbons (Fsp3) is 1.00. The zero-order valence-corrected chi connectivity index (χ0v) is 20.7. The van der Waals surface area contributed by atoms with Gasteiger partial charge in [0, 0.05) is 12.5 Å². The first-order valence-electron chi connectivity index (χ1n) is 13.3. The number of halogens is 1. The van der Waals surface area contributed by atoms with Crippen molar-refractivity contribution in [2.45, 2.75) is 110 Å². The first kappa shape index (κ1) is 22.0. The summed E-state index contributed by atoms with van der Waals surface area (Å²) in [6, 6.07) is 0. The van der Waals surface area contributed by atoms with E-state index in [2.05, 4.69) is 33.0 Å². The van der Waals surface area contributed by atoms with Crippen LogP contribution >= 0.6 is 12.4 Å². The second-order valence-corrected chi connectivity index (χ2v) is 13.1. The fourth-order valence-electron chi connectivity index (χ4n) is 10.5. The van der Waals surface area contributed by atoms with Crippen LogP contribution in [0.5, 0.6) is 0 Å². The standard InChI is InChI=1S/C27H45NO.ClH/c1-17-10-14-27(28-16-17)18(2)24-23(29-27)15-22-20-9-8-19-7-5-6-12-25(19,3)21(20)11-13-26(22,24)4;/h17-24,28H,5-16H2,1-4H3;1H/t17-,18-,19-,20-,21+,22+,23+,24+,25+,26+,27-;/m1./s1. The van der Waals surface area contributed by atoms with Crippen LogP contribution in [0.25, 0.3) is 0 Å². The predicted molar refractivity (Wildman–Crippen MR) is 126 cm³/mol. The second-order valence-electron chi connectivity index (χ2n) is 13.1. The molecule has 6 fully saturated rings. The highest BCUT2D eigenvalue weighted by atomic mass is 35.5. The van der Waals surface area contributed by atoms with Gasteiger partial charge >= 0.3 is 0 Å². The van der Waals surface area contributed by atoms with Crippen LogP contribution in [0.1, 0.15) is 98.3 Å². The number of ether oxygens (including phenoxy) is 1. The summed E-state index contributed by atoms with van der Waals surface area (Å²) in [6.45, 7) is 11.5. The van der Waals surface area contributed by atoms with Crippen molar-refractivity contribution >= 4 is 12.4 Å². The molecule has 172 valence electrons. The van der Waals surface area contributed by atoms with Crippen LogP contribution in [-0.4, -0.2) is 18.4 Å². The molecule has 2 aliphatic heterocycles. The lowest BCUT2D eigenvalue weighted by Crippen LogP contribution is -2.57. The molecule has 4 saturated carbocycles. The van der Waals surface area contributed by atoms with E-state index in [9.17, 15) is 0 Å². The minimum absolute atomic E-state index is 0. The molecule has 0 bridgehead atoms. The number of hydrogen-bond acceptors (Lipinski definition) is 2. The molecule has 0 aromatic rings. The number of hydrogen-bond donors (Lipinski definition) is 1. The summed E-state index contributed by atoms with van der Waals surface area (Å²) in [7, 11) is 0. The van der Waals surface area contributed by atoms with Crippen molar-refractivity contribution in [2.24, 2.45) is 52.3 Å². The van der Waals surface area contributed by atoms with Crippen LogP contribution in [0.3, 0.4) is 0 Å². The third-order valence-electron chi connectivity index (χ3n) is 12.1. The number of fused-ring (bicyclic) bond motifs is 7. The van der Waals surface area contributed by atoms with Gasteiger partial charge in [-0.1, -0.05) is 40.5 Å². The summed E-state index contributed by atoms with van der Waals surface area (Å²) in [5.74, 6) is 6.23. The SMILES string of the molecule is C[C@@H]1CC[C@@]2(NC1)O[C@H]1C[C@H]3[C@@H]4CC[C@H]5CCCC[C@]5(C)[C@H]4CC[C@]3(C)[C@H]1[C@H]2C.Cl. The average molecular weight is 436 g/mol. The zero-order chi connectivity index (χ0) is 20.0. The van der Waals surface area contributed by atoms with Gasteiger partial charge in [-0.15, -0.1) is 12.4 Å². The summed E-state index contributed by atoms with van der Waals surface area (Å²) in [6.07, 6.45) is 16.5. The van der Waals surface area contributed by atoms with Crippen molar-refractivity contribution < 1.29 is 4.74 Å². The zero-order valence-electron chi connectivity index (χ0n) is 19.9. The molecule has 6 aliphatic rings. The van der Waals surface area contributed by atoms with Gasteiger partial charge in [-0.25, -0.2) is 0 Å². The Hall–Kier alpha value is 0.210. The van der Waals surface area contributed by atoms with E-state index in [0.29, 0.717) is 22.9 Å². The maximum absolute atomic E-state index is 7.03. The van der Waals surface area contributed by atoms with Crippen LogP contribution in [0, 0.1) is 52.3 Å². The van der Waals surface area contributed by atoms with Crippen molar-refractivity contribution in [2.75, 3.05) is 6.54 Å². The molecule has 2 saturated heterocycles. The maximum atomic E-state index is 7.03. The summed E-state index contributed by atoms with van der Waals surface area (Å²) < 4.78 is 7.03. The Kier molecular flexibility index (Phi) is 5.40. The molecule has 4 aliphatic carbocycles. The molecule has 3 heteroatoms. The Balaban J connectivity index is 0.00000193.